The minimum Gasteiger partial charge on any atom is -0.444 e. The molecule has 0 aromatic heterocycles. The number of alkyl carbamates (subject to hydrolysis) is 1. The third-order valence-corrected chi connectivity index (χ3v) is 3.72. The smallest absolute Gasteiger partial charge is 0.407 e. The van der Waals surface area contributed by atoms with Crippen LogP contribution in [0.5, 0.6) is 0 Å². The normalized spacial score (nSPS) is 25.6. The summed E-state index contributed by atoms with van der Waals surface area (Å²) in [6.07, 6.45) is 1.45. The van der Waals surface area contributed by atoms with Gasteiger partial charge in [0, 0.05) is 6.04 Å². The lowest BCUT2D eigenvalue weighted by Gasteiger charge is -2.21. The van der Waals surface area contributed by atoms with Gasteiger partial charge in [0.2, 0.25) is 0 Å². The Labute approximate surface area is 126 Å². The number of benzene rings is 1. The van der Waals surface area contributed by atoms with E-state index in [9.17, 15) is 9.90 Å². The minimum atomic E-state index is -0.495. The molecule has 1 fully saturated rings. The van der Waals surface area contributed by atoms with Crippen molar-refractivity contribution in [1.29, 1.82) is 0 Å². The van der Waals surface area contributed by atoms with Crippen LogP contribution in [-0.4, -0.2) is 28.9 Å². The van der Waals surface area contributed by atoms with Crippen LogP contribution in [0.2, 0.25) is 0 Å². The lowest BCUT2D eigenvalue weighted by molar-refractivity contribution is 0.0502. The van der Waals surface area contributed by atoms with Crippen LogP contribution >= 0.6 is 0 Å². The van der Waals surface area contributed by atoms with Crippen molar-refractivity contribution in [2.75, 3.05) is 0 Å². The van der Waals surface area contributed by atoms with Gasteiger partial charge in [-0.05, 0) is 51.5 Å². The number of hydrogen-bond donors (Lipinski definition) is 2. The number of rotatable bonds is 3. The van der Waals surface area contributed by atoms with Crippen molar-refractivity contribution in [3.63, 3.8) is 0 Å². The monoisotopic (exact) mass is 291 g/mol. The molecule has 1 amide bonds. The third-order valence-electron chi connectivity index (χ3n) is 3.72. The Balaban J connectivity index is 1.85. The van der Waals surface area contributed by atoms with Crippen molar-refractivity contribution in [3.8, 4) is 0 Å². The highest BCUT2D eigenvalue weighted by Gasteiger charge is 2.34. The zero-order chi connectivity index (χ0) is 15.5. The fraction of sp³-hybridized carbons (Fsp3) is 0.588. The van der Waals surface area contributed by atoms with Crippen LogP contribution in [0.15, 0.2) is 30.3 Å². The van der Waals surface area contributed by atoms with Crippen molar-refractivity contribution in [3.05, 3.63) is 35.9 Å². The first-order chi connectivity index (χ1) is 9.83. The average Bonchev–Trinajstić information content (AvgIpc) is 2.68. The molecule has 116 valence electrons. The van der Waals surface area contributed by atoms with E-state index in [1.54, 1.807) is 0 Å². The fourth-order valence-electron chi connectivity index (χ4n) is 2.83. The van der Waals surface area contributed by atoms with Crippen molar-refractivity contribution in [2.45, 2.75) is 57.8 Å². The Morgan fingerprint density at radius 3 is 2.57 bits per heavy atom. The van der Waals surface area contributed by atoms with Gasteiger partial charge in [0.1, 0.15) is 5.60 Å². The van der Waals surface area contributed by atoms with Gasteiger partial charge in [-0.1, -0.05) is 30.3 Å². The molecule has 3 atom stereocenters. The number of carbonyl (C=O) groups excluding carboxylic acids is 1. The number of ether oxygens (including phenoxy) is 1. The maximum Gasteiger partial charge on any atom is 0.407 e. The maximum absolute atomic E-state index is 11.8. The molecule has 0 spiro atoms. The quantitative estimate of drug-likeness (QED) is 0.900. The van der Waals surface area contributed by atoms with Gasteiger partial charge in [0.05, 0.1) is 6.10 Å². The number of amides is 1. The Bertz CT molecular complexity index is 467. The first kappa shape index (κ1) is 15.8. The zero-order valence-electron chi connectivity index (χ0n) is 13.0. The van der Waals surface area contributed by atoms with E-state index in [0.29, 0.717) is 6.42 Å². The van der Waals surface area contributed by atoms with E-state index in [0.717, 1.165) is 12.8 Å². The first-order valence-electron chi connectivity index (χ1n) is 7.55. The van der Waals surface area contributed by atoms with Crippen LogP contribution in [0.3, 0.4) is 0 Å². The first-order valence-corrected chi connectivity index (χ1v) is 7.55. The van der Waals surface area contributed by atoms with E-state index in [1.165, 1.54) is 5.56 Å². The molecule has 2 rings (SSSR count). The summed E-state index contributed by atoms with van der Waals surface area (Å²) in [4.78, 5) is 11.8. The van der Waals surface area contributed by atoms with E-state index in [-0.39, 0.29) is 18.1 Å². The lowest BCUT2D eigenvalue weighted by atomic mass is 9.96. The third kappa shape index (κ3) is 5.05. The second-order valence-electron chi connectivity index (χ2n) is 6.83. The molecule has 1 aromatic carbocycles. The Kier molecular flexibility index (Phi) is 4.88. The molecule has 0 heterocycles. The van der Waals surface area contributed by atoms with Crippen LogP contribution in [0.1, 0.15) is 39.2 Å². The van der Waals surface area contributed by atoms with Crippen molar-refractivity contribution >= 4 is 6.09 Å². The van der Waals surface area contributed by atoms with Crippen LogP contribution in [0, 0.1) is 5.92 Å². The number of aliphatic hydroxyl groups is 1. The highest BCUT2D eigenvalue weighted by Crippen LogP contribution is 2.29. The summed E-state index contributed by atoms with van der Waals surface area (Å²) in [7, 11) is 0. The number of hydrogen-bond acceptors (Lipinski definition) is 3. The Hall–Kier alpha value is -1.55. The summed E-state index contributed by atoms with van der Waals surface area (Å²) in [5.74, 6) is 0.187. The molecule has 21 heavy (non-hydrogen) atoms. The van der Waals surface area contributed by atoms with E-state index < -0.39 is 11.7 Å². The van der Waals surface area contributed by atoms with Gasteiger partial charge in [-0.25, -0.2) is 4.79 Å². The maximum atomic E-state index is 11.8. The predicted octanol–water partition coefficient (Wildman–Crippen LogP) is 2.89. The van der Waals surface area contributed by atoms with Crippen molar-refractivity contribution in [1.82, 2.24) is 5.32 Å². The van der Waals surface area contributed by atoms with Gasteiger partial charge in [-0.3, -0.25) is 0 Å². The average molecular weight is 291 g/mol. The molecule has 2 N–H and O–H groups in total. The Morgan fingerprint density at radius 1 is 1.29 bits per heavy atom. The predicted molar refractivity (Wildman–Crippen MR) is 82.0 cm³/mol. The van der Waals surface area contributed by atoms with E-state index in [1.807, 2.05) is 39.0 Å². The highest BCUT2D eigenvalue weighted by atomic mass is 16.6. The van der Waals surface area contributed by atoms with Crippen LogP contribution in [0.4, 0.5) is 4.79 Å². The van der Waals surface area contributed by atoms with Crippen LogP contribution in [-0.2, 0) is 11.2 Å². The number of carbonyl (C=O) groups is 1. The summed E-state index contributed by atoms with van der Waals surface area (Å²) in [5.41, 5.74) is 0.726. The topological polar surface area (TPSA) is 58.6 Å². The summed E-state index contributed by atoms with van der Waals surface area (Å²) in [5, 5.41) is 13.0. The standard InChI is InChI=1S/C17H25NO3/c1-17(2,3)21-16(20)18-14-10-13(15(19)11-14)9-12-7-5-4-6-8-12/h4-8,13-15,19H,9-11H2,1-3H3,(H,18,20). The summed E-state index contributed by atoms with van der Waals surface area (Å²) < 4.78 is 5.26. The molecular weight excluding hydrogens is 266 g/mol. The van der Waals surface area contributed by atoms with Crippen molar-refractivity contribution in [2.24, 2.45) is 5.92 Å². The molecule has 1 aromatic rings. The van der Waals surface area contributed by atoms with Gasteiger partial charge in [-0.15, -0.1) is 0 Å². The van der Waals surface area contributed by atoms with E-state index in [4.69, 9.17) is 4.74 Å². The molecule has 0 bridgehead atoms. The molecule has 3 unspecified atom stereocenters. The fourth-order valence-corrected chi connectivity index (χ4v) is 2.83. The summed E-state index contributed by atoms with van der Waals surface area (Å²) in [6.45, 7) is 5.52. The molecule has 4 nitrogen and oxygen atoms in total. The molecule has 0 aliphatic heterocycles. The highest BCUT2D eigenvalue weighted by molar-refractivity contribution is 5.68. The number of nitrogens with one attached hydrogen (secondary N) is 1. The van der Waals surface area contributed by atoms with Gasteiger partial charge in [-0.2, -0.15) is 0 Å². The summed E-state index contributed by atoms with van der Waals surface area (Å²) in [6, 6.07) is 10.1. The largest absolute Gasteiger partial charge is 0.444 e. The lowest BCUT2D eigenvalue weighted by Crippen LogP contribution is -2.38. The van der Waals surface area contributed by atoms with E-state index >= 15 is 0 Å². The molecule has 1 aliphatic rings. The summed E-state index contributed by atoms with van der Waals surface area (Å²) >= 11 is 0. The van der Waals surface area contributed by atoms with Crippen molar-refractivity contribution < 1.29 is 14.6 Å². The molecule has 1 saturated carbocycles. The Morgan fingerprint density at radius 2 is 1.95 bits per heavy atom. The molecule has 4 heteroatoms. The number of aliphatic hydroxyl groups excluding tert-OH is 1. The van der Waals surface area contributed by atoms with Crippen LogP contribution < -0.4 is 5.32 Å². The van der Waals surface area contributed by atoms with Gasteiger partial charge in [0.25, 0.3) is 0 Å². The second kappa shape index (κ2) is 6.48. The van der Waals surface area contributed by atoms with Crippen LogP contribution in [0.25, 0.3) is 0 Å². The molecule has 0 saturated heterocycles. The molecule has 0 radical (unpaired) electrons. The van der Waals surface area contributed by atoms with Gasteiger partial charge in [0.15, 0.2) is 0 Å². The SMILES string of the molecule is CC(C)(C)OC(=O)NC1CC(O)C(Cc2ccccc2)C1. The van der Waals surface area contributed by atoms with Gasteiger partial charge >= 0.3 is 6.09 Å². The van der Waals surface area contributed by atoms with E-state index in [2.05, 4.69) is 17.4 Å². The minimum absolute atomic E-state index is 0.0106. The second-order valence-corrected chi connectivity index (χ2v) is 6.83. The molecule has 1 aliphatic carbocycles. The van der Waals surface area contributed by atoms with Gasteiger partial charge < -0.3 is 15.2 Å². The zero-order valence-corrected chi connectivity index (χ0v) is 13.0. The molecular formula is C17H25NO3.